The summed E-state index contributed by atoms with van der Waals surface area (Å²) in [7, 11) is -2.36. The highest BCUT2D eigenvalue weighted by Crippen LogP contribution is 2.18. The Kier molecular flexibility index (Phi) is 7.47. The first-order chi connectivity index (χ1) is 10.4. The molecule has 0 spiro atoms. The fourth-order valence-electron chi connectivity index (χ4n) is 2.57. The fraction of sp³-hybridized carbons (Fsp3) is 0.533. The van der Waals surface area contributed by atoms with Gasteiger partial charge >= 0.3 is 5.97 Å². The van der Waals surface area contributed by atoms with Gasteiger partial charge in [-0.1, -0.05) is 6.07 Å². The average Bonchev–Trinajstić information content (AvgIpc) is 3.00. The molecule has 8 heteroatoms. The van der Waals surface area contributed by atoms with Crippen molar-refractivity contribution in [1.82, 2.24) is 10.0 Å². The molecule has 1 fully saturated rings. The third-order valence-electron chi connectivity index (χ3n) is 3.91. The van der Waals surface area contributed by atoms with Crippen molar-refractivity contribution in [1.29, 1.82) is 0 Å². The molecule has 1 heterocycles. The third-order valence-corrected chi connectivity index (χ3v) is 5.51. The number of esters is 1. The zero-order valence-corrected chi connectivity index (χ0v) is 14.9. The molecule has 1 atom stereocenters. The van der Waals surface area contributed by atoms with E-state index in [1.807, 2.05) is 0 Å². The fourth-order valence-corrected chi connectivity index (χ4v) is 3.89. The number of carbonyl (C=O) groups excluding carboxylic acids is 1. The van der Waals surface area contributed by atoms with Gasteiger partial charge in [0.05, 0.1) is 17.6 Å². The highest BCUT2D eigenvalue weighted by Gasteiger charge is 2.20. The number of hydrogen-bond acceptors (Lipinski definition) is 5. The van der Waals surface area contributed by atoms with E-state index in [4.69, 9.17) is 0 Å². The Bertz CT molecular complexity index is 643. The number of benzene rings is 1. The third kappa shape index (κ3) is 5.17. The Balaban J connectivity index is 0.00000264. The monoisotopic (exact) mass is 362 g/mol. The van der Waals surface area contributed by atoms with Gasteiger partial charge in [-0.25, -0.2) is 17.9 Å². The minimum Gasteiger partial charge on any atom is -0.465 e. The molecule has 130 valence electrons. The van der Waals surface area contributed by atoms with Gasteiger partial charge in [0.25, 0.3) is 0 Å². The van der Waals surface area contributed by atoms with Gasteiger partial charge in [-0.05, 0) is 56.5 Å². The van der Waals surface area contributed by atoms with Crippen molar-refractivity contribution in [2.45, 2.75) is 24.7 Å². The summed E-state index contributed by atoms with van der Waals surface area (Å²) >= 11 is 0. The predicted octanol–water partition coefficient (Wildman–Crippen LogP) is 1.48. The van der Waals surface area contributed by atoms with Gasteiger partial charge in [-0.2, -0.15) is 0 Å². The summed E-state index contributed by atoms with van der Waals surface area (Å²) in [6.45, 7) is 4.05. The van der Waals surface area contributed by atoms with Crippen LogP contribution in [0.3, 0.4) is 0 Å². The van der Waals surface area contributed by atoms with Gasteiger partial charge in [0.2, 0.25) is 10.0 Å². The van der Waals surface area contributed by atoms with Crippen LogP contribution in [0.4, 0.5) is 0 Å². The molecular weight excluding hydrogens is 340 g/mol. The van der Waals surface area contributed by atoms with Crippen LogP contribution >= 0.6 is 12.4 Å². The Hall–Kier alpha value is -1.15. The number of sulfonamides is 1. The number of carbonyl (C=O) groups is 1. The summed E-state index contributed by atoms with van der Waals surface area (Å²) in [6.07, 6.45) is 1.89. The molecule has 1 aromatic carbocycles. The minimum absolute atomic E-state index is 0. The molecule has 23 heavy (non-hydrogen) atoms. The molecule has 1 unspecified atom stereocenters. The van der Waals surface area contributed by atoms with Crippen LogP contribution in [-0.4, -0.2) is 41.1 Å². The second-order valence-corrected chi connectivity index (χ2v) is 7.25. The summed E-state index contributed by atoms with van der Waals surface area (Å²) in [5, 5.41) is 3.26. The molecule has 1 aliphatic heterocycles. The predicted molar refractivity (Wildman–Crippen MR) is 90.5 cm³/mol. The van der Waals surface area contributed by atoms with Crippen molar-refractivity contribution < 1.29 is 17.9 Å². The lowest BCUT2D eigenvalue weighted by atomic mass is 10.1. The minimum atomic E-state index is -3.63. The molecule has 1 aliphatic rings. The number of methoxy groups -OCH3 is 1. The number of hydrogen-bond donors (Lipinski definition) is 2. The molecule has 0 saturated carbocycles. The molecule has 1 aromatic rings. The lowest BCUT2D eigenvalue weighted by Crippen LogP contribution is -2.27. The second-order valence-electron chi connectivity index (χ2n) is 5.52. The smallest absolute Gasteiger partial charge is 0.337 e. The summed E-state index contributed by atoms with van der Waals surface area (Å²) in [5.74, 6) is -0.0290. The number of aryl methyl sites for hydroxylation is 1. The van der Waals surface area contributed by atoms with E-state index in [2.05, 4.69) is 14.8 Å². The highest BCUT2D eigenvalue weighted by molar-refractivity contribution is 7.89. The van der Waals surface area contributed by atoms with E-state index < -0.39 is 16.0 Å². The van der Waals surface area contributed by atoms with E-state index in [-0.39, 0.29) is 22.9 Å². The first kappa shape index (κ1) is 19.9. The van der Waals surface area contributed by atoms with E-state index in [1.54, 1.807) is 19.1 Å². The van der Waals surface area contributed by atoms with E-state index in [1.165, 1.54) is 13.2 Å². The molecule has 6 nitrogen and oxygen atoms in total. The first-order valence-corrected chi connectivity index (χ1v) is 8.81. The van der Waals surface area contributed by atoms with Crippen LogP contribution in [0.1, 0.15) is 28.8 Å². The maximum absolute atomic E-state index is 12.4. The molecule has 1 saturated heterocycles. The molecule has 0 bridgehead atoms. The molecule has 2 N–H and O–H groups in total. The Morgan fingerprint density at radius 2 is 2.17 bits per heavy atom. The van der Waals surface area contributed by atoms with Crippen LogP contribution in [0.5, 0.6) is 0 Å². The quantitative estimate of drug-likeness (QED) is 0.749. The van der Waals surface area contributed by atoms with E-state index in [0.29, 0.717) is 18.0 Å². The molecule has 0 aliphatic carbocycles. The summed E-state index contributed by atoms with van der Waals surface area (Å²) < 4.78 is 32.1. The van der Waals surface area contributed by atoms with Crippen molar-refractivity contribution in [3.63, 3.8) is 0 Å². The van der Waals surface area contributed by atoms with E-state index in [0.717, 1.165) is 25.9 Å². The zero-order chi connectivity index (χ0) is 16.2. The van der Waals surface area contributed by atoms with Crippen LogP contribution in [0.25, 0.3) is 0 Å². The maximum atomic E-state index is 12.4. The number of ether oxygens (including phenoxy) is 1. The molecule has 0 amide bonds. The van der Waals surface area contributed by atoms with Gasteiger partial charge in [0.15, 0.2) is 0 Å². The summed E-state index contributed by atoms with van der Waals surface area (Å²) in [4.78, 5) is 11.7. The Morgan fingerprint density at radius 1 is 1.43 bits per heavy atom. The maximum Gasteiger partial charge on any atom is 0.337 e. The SMILES string of the molecule is COC(=O)c1ccc(C)c(S(=O)(=O)NCCC2CCNC2)c1.Cl. The standard InChI is InChI=1S/C15H22N2O4S.ClH/c1-11-3-4-13(15(18)21-2)9-14(11)22(19,20)17-8-6-12-5-7-16-10-12;/h3-4,9,12,16-17H,5-8,10H2,1-2H3;1H. The van der Waals surface area contributed by atoms with Gasteiger partial charge in [0, 0.05) is 6.54 Å². The second kappa shape index (κ2) is 8.63. The summed E-state index contributed by atoms with van der Waals surface area (Å²) in [6, 6.07) is 4.53. The average molecular weight is 363 g/mol. The van der Waals surface area contributed by atoms with E-state index in [9.17, 15) is 13.2 Å². The molecule has 2 rings (SSSR count). The van der Waals surface area contributed by atoms with Crippen LogP contribution in [0, 0.1) is 12.8 Å². The van der Waals surface area contributed by atoms with Gasteiger partial charge in [0.1, 0.15) is 0 Å². The van der Waals surface area contributed by atoms with Crippen LogP contribution in [-0.2, 0) is 14.8 Å². The summed E-state index contributed by atoms with van der Waals surface area (Å²) in [5.41, 5.74) is 0.830. The topological polar surface area (TPSA) is 84.5 Å². The normalized spacial score (nSPS) is 17.6. The number of rotatable bonds is 6. The Labute approximate surface area is 143 Å². The highest BCUT2D eigenvalue weighted by atomic mass is 35.5. The van der Waals surface area contributed by atoms with Crippen molar-refractivity contribution in [3.05, 3.63) is 29.3 Å². The van der Waals surface area contributed by atoms with Crippen molar-refractivity contribution in [2.75, 3.05) is 26.7 Å². The van der Waals surface area contributed by atoms with Crippen molar-refractivity contribution in [3.8, 4) is 0 Å². The lowest BCUT2D eigenvalue weighted by molar-refractivity contribution is 0.0600. The lowest BCUT2D eigenvalue weighted by Gasteiger charge is -2.12. The van der Waals surface area contributed by atoms with Gasteiger partial charge in [-0.15, -0.1) is 12.4 Å². The van der Waals surface area contributed by atoms with Crippen molar-refractivity contribution in [2.24, 2.45) is 5.92 Å². The van der Waals surface area contributed by atoms with Crippen LogP contribution < -0.4 is 10.0 Å². The first-order valence-electron chi connectivity index (χ1n) is 7.33. The Morgan fingerprint density at radius 3 is 2.78 bits per heavy atom. The molecule has 0 radical (unpaired) electrons. The number of nitrogens with one attached hydrogen (secondary N) is 2. The zero-order valence-electron chi connectivity index (χ0n) is 13.3. The van der Waals surface area contributed by atoms with Gasteiger partial charge < -0.3 is 10.1 Å². The van der Waals surface area contributed by atoms with Crippen LogP contribution in [0.15, 0.2) is 23.1 Å². The van der Waals surface area contributed by atoms with Crippen LogP contribution in [0.2, 0.25) is 0 Å². The molecule has 0 aromatic heterocycles. The number of halogens is 1. The largest absolute Gasteiger partial charge is 0.465 e. The molecular formula is C15H23ClN2O4S. The van der Waals surface area contributed by atoms with Gasteiger partial charge in [-0.3, -0.25) is 0 Å². The van der Waals surface area contributed by atoms with E-state index >= 15 is 0 Å². The van der Waals surface area contributed by atoms with Crippen molar-refractivity contribution >= 4 is 28.4 Å².